The van der Waals surface area contributed by atoms with Gasteiger partial charge in [0.25, 0.3) is 5.91 Å². The van der Waals surface area contributed by atoms with Gasteiger partial charge >= 0.3 is 0 Å². The van der Waals surface area contributed by atoms with E-state index in [4.69, 9.17) is 21.3 Å². The van der Waals surface area contributed by atoms with Crippen LogP contribution in [0.15, 0.2) is 83.9 Å². The number of carbonyl (C=O) groups is 1. The van der Waals surface area contributed by atoms with Gasteiger partial charge in [-0.1, -0.05) is 66.2 Å². The highest BCUT2D eigenvalue weighted by Gasteiger charge is 2.18. The van der Waals surface area contributed by atoms with Gasteiger partial charge in [0.2, 0.25) is 0 Å². The molecular weight excluding hydrogens is 434 g/mol. The molecule has 2 N–H and O–H groups in total. The monoisotopic (exact) mass is 455 g/mol. The maximum absolute atomic E-state index is 12.8. The van der Waals surface area contributed by atoms with E-state index in [1.807, 2.05) is 30.3 Å². The number of anilines is 2. The lowest BCUT2D eigenvalue weighted by molar-refractivity contribution is 0.102. The van der Waals surface area contributed by atoms with Gasteiger partial charge in [-0.25, -0.2) is 0 Å². The highest BCUT2D eigenvalue weighted by molar-refractivity contribution is 6.35. The molecule has 0 saturated carbocycles. The standard InChI is InChI=1S/C27H22ClN3O2/c1-33-23-8-4-7-22(28)24(23)27(32)31-19-12-9-18(10-13-19)25-21-14-11-17-5-2-3-6-20(17)26(21)30-16-15-29-25/h2-14,30H,15-16H2,1H3,(H,31,32). The maximum Gasteiger partial charge on any atom is 0.260 e. The van der Waals surface area contributed by atoms with Gasteiger partial charge in [-0.2, -0.15) is 0 Å². The van der Waals surface area contributed by atoms with E-state index >= 15 is 0 Å². The van der Waals surface area contributed by atoms with Crippen LogP contribution in [-0.2, 0) is 0 Å². The summed E-state index contributed by atoms with van der Waals surface area (Å²) in [7, 11) is 1.51. The minimum absolute atomic E-state index is 0.311. The van der Waals surface area contributed by atoms with Crippen LogP contribution >= 0.6 is 11.6 Å². The molecule has 4 aromatic rings. The van der Waals surface area contributed by atoms with Crippen LogP contribution in [0.1, 0.15) is 21.5 Å². The van der Waals surface area contributed by atoms with Crippen molar-refractivity contribution in [2.75, 3.05) is 30.8 Å². The molecular formula is C27H22ClN3O2. The lowest BCUT2D eigenvalue weighted by Gasteiger charge is -2.14. The van der Waals surface area contributed by atoms with Crippen molar-refractivity contribution in [1.29, 1.82) is 0 Å². The number of carbonyl (C=O) groups excluding carboxylic acids is 1. The Balaban J connectivity index is 1.45. The van der Waals surface area contributed by atoms with E-state index in [1.54, 1.807) is 18.2 Å². The number of benzene rings is 4. The van der Waals surface area contributed by atoms with Crippen molar-refractivity contribution in [3.8, 4) is 5.75 Å². The zero-order chi connectivity index (χ0) is 22.8. The van der Waals surface area contributed by atoms with Crippen molar-refractivity contribution in [3.05, 3.63) is 101 Å². The molecule has 0 fully saturated rings. The van der Waals surface area contributed by atoms with Gasteiger partial charge < -0.3 is 15.4 Å². The summed E-state index contributed by atoms with van der Waals surface area (Å²) in [5, 5.41) is 9.16. The van der Waals surface area contributed by atoms with Gasteiger partial charge in [-0.15, -0.1) is 0 Å². The fourth-order valence-corrected chi connectivity index (χ4v) is 4.39. The molecule has 5 nitrogen and oxygen atoms in total. The number of nitrogens with zero attached hydrogens (tertiary/aromatic N) is 1. The fraction of sp³-hybridized carbons (Fsp3) is 0.111. The minimum atomic E-state index is -0.321. The molecule has 0 bridgehead atoms. The summed E-state index contributed by atoms with van der Waals surface area (Å²) < 4.78 is 5.29. The normalized spacial score (nSPS) is 12.8. The summed E-state index contributed by atoms with van der Waals surface area (Å²) >= 11 is 6.24. The van der Waals surface area contributed by atoms with Gasteiger partial charge in [-0.05, 0) is 29.7 Å². The highest BCUT2D eigenvalue weighted by Crippen LogP contribution is 2.31. The molecule has 164 valence electrons. The Bertz CT molecular complexity index is 1380. The van der Waals surface area contributed by atoms with Gasteiger partial charge in [-0.3, -0.25) is 9.79 Å². The van der Waals surface area contributed by atoms with Gasteiger partial charge in [0.15, 0.2) is 0 Å². The fourth-order valence-electron chi connectivity index (χ4n) is 4.14. The first kappa shape index (κ1) is 21.0. The molecule has 0 saturated heterocycles. The molecule has 5 rings (SSSR count). The summed E-state index contributed by atoms with van der Waals surface area (Å²) in [5.41, 5.74) is 5.08. The average molecular weight is 456 g/mol. The van der Waals surface area contributed by atoms with E-state index in [1.165, 1.54) is 17.9 Å². The van der Waals surface area contributed by atoms with Crippen LogP contribution in [0, 0.1) is 0 Å². The molecule has 0 spiro atoms. The lowest BCUT2D eigenvalue weighted by atomic mass is 9.96. The summed E-state index contributed by atoms with van der Waals surface area (Å²) in [5.74, 6) is 0.110. The second-order valence-electron chi connectivity index (χ2n) is 7.71. The zero-order valence-electron chi connectivity index (χ0n) is 18.1. The second-order valence-corrected chi connectivity index (χ2v) is 8.12. The smallest absolute Gasteiger partial charge is 0.260 e. The largest absolute Gasteiger partial charge is 0.496 e. The molecule has 1 amide bonds. The Morgan fingerprint density at radius 3 is 2.64 bits per heavy atom. The number of rotatable bonds is 4. The van der Waals surface area contributed by atoms with E-state index in [0.29, 0.717) is 28.6 Å². The summed E-state index contributed by atoms with van der Waals surface area (Å²) in [6, 6.07) is 25.4. The number of hydrogen-bond donors (Lipinski definition) is 2. The predicted octanol–water partition coefficient (Wildman–Crippen LogP) is 6.02. The van der Waals surface area contributed by atoms with E-state index in [-0.39, 0.29) is 5.91 Å². The van der Waals surface area contributed by atoms with Crippen LogP contribution in [0.4, 0.5) is 11.4 Å². The van der Waals surface area contributed by atoms with Crippen molar-refractivity contribution in [2.45, 2.75) is 0 Å². The van der Waals surface area contributed by atoms with Gasteiger partial charge in [0.1, 0.15) is 11.3 Å². The number of amides is 1. The number of hydrogen-bond acceptors (Lipinski definition) is 4. The van der Waals surface area contributed by atoms with Crippen molar-refractivity contribution in [3.63, 3.8) is 0 Å². The number of nitrogens with one attached hydrogen (secondary N) is 2. The topological polar surface area (TPSA) is 62.7 Å². The predicted molar refractivity (Wildman–Crippen MR) is 135 cm³/mol. The molecule has 1 aliphatic heterocycles. The highest BCUT2D eigenvalue weighted by atomic mass is 35.5. The third-order valence-corrected chi connectivity index (χ3v) is 6.02. The third kappa shape index (κ3) is 4.03. The first-order valence-corrected chi connectivity index (χ1v) is 11.1. The Kier molecular flexibility index (Phi) is 5.71. The average Bonchev–Trinajstić information content (AvgIpc) is 3.07. The molecule has 0 aromatic heterocycles. The summed E-state index contributed by atoms with van der Waals surface area (Å²) in [6.07, 6.45) is 0. The van der Waals surface area contributed by atoms with E-state index in [0.717, 1.165) is 29.1 Å². The van der Waals surface area contributed by atoms with Gasteiger partial charge in [0.05, 0.1) is 30.1 Å². The van der Waals surface area contributed by atoms with Crippen molar-refractivity contribution >= 4 is 45.4 Å². The number of fused-ring (bicyclic) bond motifs is 3. The first-order valence-electron chi connectivity index (χ1n) is 10.7. The van der Waals surface area contributed by atoms with Crippen LogP contribution < -0.4 is 15.4 Å². The minimum Gasteiger partial charge on any atom is -0.496 e. The Morgan fingerprint density at radius 1 is 1.00 bits per heavy atom. The van der Waals surface area contributed by atoms with Crippen LogP contribution in [0.5, 0.6) is 5.75 Å². The molecule has 4 aromatic carbocycles. The Labute approximate surface area is 197 Å². The number of methoxy groups -OCH3 is 1. The number of aliphatic imine (C=N–C) groups is 1. The quantitative estimate of drug-likeness (QED) is 0.395. The Morgan fingerprint density at radius 2 is 1.82 bits per heavy atom. The molecule has 6 heteroatoms. The Hall–Kier alpha value is -3.83. The van der Waals surface area contributed by atoms with Crippen LogP contribution in [0.2, 0.25) is 5.02 Å². The maximum atomic E-state index is 12.8. The number of halogens is 1. The molecule has 1 heterocycles. The second kappa shape index (κ2) is 8.96. The van der Waals surface area contributed by atoms with Crippen molar-refractivity contribution in [2.24, 2.45) is 4.99 Å². The van der Waals surface area contributed by atoms with Crippen LogP contribution in [0.25, 0.3) is 10.8 Å². The SMILES string of the molecule is COc1cccc(Cl)c1C(=O)Nc1ccc(C2=NCCNc3c2ccc2ccccc32)cc1. The third-order valence-electron chi connectivity index (χ3n) is 5.71. The van der Waals surface area contributed by atoms with Crippen LogP contribution in [0.3, 0.4) is 0 Å². The lowest BCUT2D eigenvalue weighted by Crippen LogP contribution is -2.14. The molecule has 0 radical (unpaired) electrons. The number of ether oxygens (including phenoxy) is 1. The van der Waals surface area contributed by atoms with E-state index in [9.17, 15) is 4.79 Å². The van der Waals surface area contributed by atoms with Gasteiger partial charge in [0, 0.05) is 28.7 Å². The zero-order valence-corrected chi connectivity index (χ0v) is 18.8. The summed E-state index contributed by atoms with van der Waals surface area (Å²) in [4.78, 5) is 17.7. The molecule has 33 heavy (non-hydrogen) atoms. The molecule has 1 aliphatic rings. The first-order chi connectivity index (χ1) is 16.2. The van der Waals surface area contributed by atoms with Crippen molar-refractivity contribution < 1.29 is 9.53 Å². The molecule has 0 aliphatic carbocycles. The molecule has 0 atom stereocenters. The molecule has 0 unspecified atom stereocenters. The summed E-state index contributed by atoms with van der Waals surface area (Å²) in [6.45, 7) is 1.46. The van der Waals surface area contributed by atoms with E-state index < -0.39 is 0 Å². The van der Waals surface area contributed by atoms with Crippen molar-refractivity contribution in [1.82, 2.24) is 0 Å². The van der Waals surface area contributed by atoms with E-state index in [2.05, 4.69) is 41.0 Å². The van der Waals surface area contributed by atoms with Crippen LogP contribution in [-0.4, -0.2) is 31.8 Å².